The fraction of sp³-hybridized carbons (Fsp3) is 0.286. The van der Waals surface area contributed by atoms with Gasteiger partial charge in [0.1, 0.15) is 5.69 Å². The van der Waals surface area contributed by atoms with Crippen LogP contribution in [0, 0.1) is 0 Å². The molecule has 3 heterocycles. The summed E-state index contributed by atoms with van der Waals surface area (Å²) in [6.45, 7) is 1.19. The molecule has 0 aliphatic carbocycles. The molecule has 1 fully saturated rings. The van der Waals surface area contributed by atoms with Crippen LogP contribution in [0.1, 0.15) is 16.9 Å². The monoisotopic (exact) mass is 363 g/mol. The van der Waals surface area contributed by atoms with Crippen molar-refractivity contribution in [2.75, 3.05) is 20.1 Å². The van der Waals surface area contributed by atoms with Crippen LogP contribution in [0.15, 0.2) is 29.0 Å². The first-order chi connectivity index (χ1) is 10.6. The smallest absolute Gasteiger partial charge is 0.326 e. The van der Waals surface area contributed by atoms with Gasteiger partial charge in [-0.25, -0.2) is 14.8 Å². The molecule has 0 spiro atoms. The molecular weight excluding hydrogens is 350 g/mol. The van der Waals surface area contributed by atoms with Gasteiger partial charge in [0.05, 0.1) is 9.99 Å². The van der Waals surface area contributed by atoms with Gasteiger partial charge in [0.2, 0.25) is 0 Å². The van der Waals surface area contributed by atoms with Gasteiger partial charge in [-0.05, 0) is 34.5 Å². The lowest BCUT2D eigenvalue weighted by atomic mass is 10.2. The molecule has 2 aromatic rings. The molecule has 1 aliphatic rings. The third-order valence-corrected chi connectivity index (χ3v) is 4.04. The molecule has 0 radical (unpaired) electrons. The Morgan fingerprint density at radius 2 is 2.14 bits per heavy atom. The largest absolute Gasteiger partial charge is 0.338 e. The summed E-state index contributed by atoms with van der Waals surface area (Å²) in [4.78, 5) is 34.2. The van der Waals surface area contributed by atoms with E-state index in [0.717, 1.165) is 11.8 Å². The summed E-state index contributed by atoms with van der Waals surface area (Å²) in [5.41, 5.74) is 3.52. The second-order valence-corrected chi connectivity index (χ2v) is 5.89. The van der Waals surface area contributed by atoms with E-state index >= 15 is 0 Å². The van der Waals surface area contributed by atoms with Crippen molar-refractivity contribution in [3.05, 3.63) is 34.7 Å². The van der Waals surface area contributed by atoms with Gasteiger partial charge >= 0.3 is 6.03 Å². The molecule has 3 rings (SSSR count). The van der Waals surface area contributed by atoms with Gasteiger partial charge in [-0.2, -0.15) is 0 Å². The fourth-order valence-corrected chi connectivity index (χ4v) is 2.72. The lowest BCUT2D eigenvalue weighted by molar-refractivity contribution is 0.0733. The minimum Gasteiger partial charge on any atom is -0.326 e. The Hall–Kier alpha value is -2.22. The van der Waals surface area contributed by atoms with E-state index in [-0.39, 0.29) is 11.7 Å². The maximum absolute atomic E-state index is 12.3. The van der Waals surface area contributed by atoms with Crippen molar-refractivity contribution in [1.82, 2.24) is 25.3 Å². The second-order valence-electron chi connectivity index (χ2n) is 5.04. The van der Waals surface area contributed by atoms with Gasteiger partial charge < -0.3 is 4.90 Å². The summed E-state index contributed by atoms with van der Waals surface area (Å²) in [7, 11) is 1.71. The normalized spacial score (nSPS) is 15.3. The summed E-state index contributed by atoms with van der Waals surface area (Å²) in [6.07, 6.45) is 4.11. The minimum atomic E-state index is -0.408. The van der Waals surface area contributed by atoms with Crippen molar-refractivity contribution in [2.24, 2.45) is 0 Å². The maximum Gasteiger partial charge on any atom is 0.338 e. The Bertz CT molecular complexity index is 751. The van der Waals surface area contributed by atoms with E-state index in [0.29, 0.717) is 23.1 Å². The summed E-state index contributed by atoms with van der Waals surface area (Å²) in [6, 6.07) is 3.18. The molecule has 0 aromatic carbocycles. The topological polar surface area (TPSA) is 78.4 Å². The van der Waals surface area contributed by atoms with Crippen molar-refractivity contribution in [3.63, 3.8) is 0 Å². The van der Waals surface area contributed by atoms with E-state index < -0.39 is 5.91 Å². The highest BCUT2D eigenvalue weighted by atomic mass is 79.9. The summed E-state index contributed by atoms with van der Waals surface area (Å²) in [5.74, 6) is -0.408. The SMILES string of the molecule is CN1CCCN(NC(=O)c2ccc3cncc(Br)c3n2)C1=O. The van der Waals surface area contributed by atoms with Crippen LogP contribution in [0.25, 0.3) is 10.9 Å². The van der Waals surface area contributed by atoms with Gasteiger partial charge in [-0.15, -0.1) is 0 Å². The highest BCUT2D eigenvalue weighted by Crippen LogP contribution is 2.20. The van der Waals surface area contributed by atoms with Crippen molar-refractivity contribution >= 4 is 38.8 Å². The van der Waals surface area contributed by atoms with Crippen molar-refractivity contribution in [3.8, 4) is 0 Å². The maximum atomic E-state index is 12.3. The molecular formula is C14H14BrN5O2. The lowest BCUT2D eigenvalue weighted by Crippen LogP contribution is -2.55. The molecule has 8 heteroatoms. The highest BCUT2D eigenvalue weighted by molar-refractivity contribution is 9.10. The first-order valence-corrected chi connectivity index (χ1v) is 7.59. The molecule has 0 saturated carbocycles. The summed E-state index contributed by atoms with van der Waals surface area (Å²) in [5, 5.41) is 2.15. The Morgan fingerprint density at radius 1 is 1.32 bits per heavy atom. The van der Waals surface area contributed by atoms with Crippen LogP contribution in [0.2, 0.25) is 0 Å². The molecule has 114 valence electrons. The molecule has 22 heavy (non-hydrogen) atoms. The second kappa shape index (κ2) is 5.88. The number of fused-ring (bicyclic) bond motifs is 1. The van der Waals surface area contributed by atoms with Crippen molar-refractivity contribution < 1.29 is 9.59 Å². The van der Waals surface area contributed by atoms with Gasteiger partial charge in [0.25, 0.3) is 5.91 Å². The number of aromatic nitrogens is 2. The Balaban J connectivity index is 1.83. The number of carbonyl (C=O) groups excluding carboxylic acids is 2. The molecule has 1 N–H and O–H groups in total. The Kier molecular flexibility index (Phi) is 3.93. The van der Waals surface area contributed by atoms with Crippen LogP contribution in [0.5, 0.6) is 0 Å². The van der Waals surface area contributed by atoms with Crippen molar-refractivity contribution in [2.45, 2.75) is 6.42 Å². The molecule has 2 aromatic heterocycles. The Morgan fingerprint density at radius 3 is 2.95 bits per heavy atom. The number of nitrogens with one attached hydrogen (secondary N) is 1. The standard InChI is InChI=1S/C14H14BrN5O2/c1-19-5-2-6-20(14(19)22)18-13(21)11-4-3-9-7-16-8-10(15)12(9)17-11/h3-4,7-8H,2,5-6H2,1H3,(H,18,21). The quantitative estimate of drug-likeness (QED) is 0.882. The van der Waals surface area contributed by atoms with Crippen molar-refractivity contribution in [1.29, 1.82) is 0 Å². The molecule has 0 atom stereocenters. The number of urea groups is 1. The van der Waals surface area contributed by atoms with E-state index in [4.69, 9.17) is 0 Å². The number of nitrogens with zero attached hydrogens (tertiary/aromatic N) is 4. The van der Waals surface area contributed by atoms with E-state index in [2.05, 4.69) is 31.3 Å². The first-order valence-electron chi connectivity index (χ1n) is 6.80. The number of carbonyl (C=O) groups is 2. The molecule has 7 nitrogen and oxygen atoms in total. The summed E-state index contributed by atoms with van der Waals surface area (Å²) >= 11 is 3.37. The number of amides is 3. The molecule has 1 aliphatic heterocycles. The average molecular weight is 364 g/mol. The predicted octanol–water partition coefficient (Wildman–Crippen LogP) is 1.79. The third kappa shape index (κ3) is 2.74. The van der Waals surface area contributed by atoms with Crippen LogP contribution in [-0.2, 0) is 0 Å². The average Bonchev–Trinajstić information content (AvgIpc) is 2.52. The Labute approximate surface area is 135 Å². The van der Waals surface area contributed by atoms with Crippen LogP contribution in [-0.4, -0.2) is 52.0 Å². The zero-order chi connectivity index (χ0) is 15.7. The molecule has 0 unspecified atom stereocenters. The lowest BCUT2D eigenvalue weighted by Gasteiger charge is -2.32. The molecule has 0 bridgehead atoms. The van der Waals surface area contributed by atoms with Crippen LogP contribution in [0.3, 0.4) is 0 Å². The van der Waals surface area contributed by atoms with Gasteiger partial charge in [0.15, 0.2) is 0 Å². The van der Waals surface area contributed by atoms with Gasteiger partial charge in [-0.1, -0.05) is 0 Å². The zero-order valence-corrected chi connectivity index (χ0v) is 13.5. The van der Waals surface area contributed by atoms with E-state index in [1.54, 1.807) is 36.5 Å². The van der Waals surface area contributed by atoms with Crippen LogP contribution >= 0.6 is 15.9 Å². The van der Waals surface area contributed by atoms with E-state index in [1.165, 1.54) is 5.01 Å². The number of halogens is 1. The molecule has 1 saturated heterocycles. The van der Waals surface area contributed by atoms with Gasteiger partial charge in [-0.3, -0.25) is 15.2 Å². The minimum absolute atomic E-state index is 0.217. The number of pyridine rings is 2. The summed E-state index contributed by atoms with van der Waals surface area (Å²) < 4.78 is 0.716. The number of hydrogen-bond donors (Lipinski definition) is 1. The predicted molar refractivity (Wildman–Crippen MR) is 84.1 cm³/mol. The van der Waals surface area contributed by atoms with Crippen LogP contribution < -0.4 is 5.43 Å². The van der Waals surface area contributed by atoms with E-state index in [9.17, 15) is 9.59 Å². The fourth-order valence-electron chi connectivity index (χ4n) is 2.28. The number of rotatable bonds is 2. The zero-order valence-electron chi connectivity index (χ0n) is 11.9. The van der Waals surface area contributed by atoms with E-state index in [1.807, 2.05) is 0 Å². The van der Waals surface area contributed by atoms with Gasteiger partial charge in [0, 0.05) is 37.9 Å². The van der Waals surface area contributed by atoms with Crippen LogP contribution in [0.4, 0.5) is 4.79 Å². The highest BCUT2D eigenvalue weighted by Gasteiger charge is 2.25. The number of hydrogen-bond acceptors (Lipinski definition) is 4. The number of hydrazine groups is 1. The molecule has 3 amide bonds. The third-order valence-electron chi connectivity index (χ3n) is 3.46. The first kappa shape index (κ1) is 14.7.